The summed E-state index contributed by atoms with van der Waals surface area (Å²) in [5, 5.41) is 0. The van der Waals surface area contributed by atoms with Gasteiger partial charge in [-0.1, -0.05) is 30.3 Å². The van der Waals surface area contributed by atoms with Gasteiger partial charge in [0.05, 0.1) is 10.6 Å². The highest BCUT2D eigenvalue weighted by molar-refractivity contribution is 7.92. The van der Waals surface area contributed by atoms with Crippen molar-refractivity contribution in [2.45, 2.75) is 24.6 Å². The lowest BCUT2D eigenvalue weighted by atomic mass is 10.2. The molecule has 0 aliphatic rings. The van der Waals surface area contributed by atoms with Crippen molar-refractivity contribution < 1.29 is 8.42 Å². The van der Waals surface area contributed by atoms with Gasteiger partial charge in [0.25, 0.3) is 10.0 Å². The number of hydrogen-bond acceptors (Lipinski definition) is 2. The molecule has 0 aliphatic carbocycles. The summed E-state index contributed by atoms with van der Waals surface area (Å²) >= 11 is 5.82. The van der Waals surface area contributed by atoms with Gasteiger partial charge in [-0.05, 0) is 43.2 Å². The van der Waals surface area contributed by atoms with Gasteiger partial charge in [-0.25, -0.2) is 8.42 Å². The number of halogens is 1. The largest absolute Gasteiger partial charge is 0.267 e. The normalized spacial score (nSPS) is 11.4. The van der Waals surface area contributed by atoms with Gasteiger partial charge in [-0.3, -0.25) is 4.31 Å². The molecule has 0 heterocycles. The molecule has 21 heavy (non-hydrogen) atoms. The minimum atomic E-state index is -3.59. The Morgan fingerprint density at radius 3 is 2.33 bits per heavy atom. The zero-order valence-electron chi connectivity index (χ0n) is 12.1. The highest BCUT2D eigenvalue weighted by Gasteiger charge is 2.25. The van der Waals surface area contributed by atoms with Crippen molar-refractivity contribution in [2.24, 2.45) is 0 Å². The summed E-state index contributed by atoms with van der Waals surface area (Å²) in [6.45, 7) is 3.99. The lowest BCUT2D eigenvalue weighted by molar-refractivity contribution is 0.591. The maximum atomic E-state index is 12.9. The first-order valence-electron chi connectivity index (χ1n) is 6.74. The van der Waals surface area contributed by atoms with Gasteiger partial charge < -0.3 is 0 Å². The average Bonchev–Trinajstić information content (AvgIpc) is 2.49. The SMILES string of the molecule is CCN(c1ccccc1)S(=O)(=O)c1cc(CCl)ccc1C. The minimum absolute atomic E-state index is 0.292. The second kappa shape index (κ2) is 6.50. The second-order valence-electron chi connectivity index (χ2n) is 4.74. The van der Waals surface area contributed by atoms with E-state index in [4.69, 9.17) is 11.6 Å². The third kappa shape index (κ3) is 3.22. The molecule has 0 saturated carbocycles. The lowest BCUT2D eigenvalue weighted by Gasteiger charge is -2.24. The van der Waals surface area contributed by atoms with Crippen molar-refractivity contribution in [3.63, 3.8) is 0 Å². The van der Waals surface area contributed by atoms with E-state index in [-0.39, 0.29) is 0 Å². The number of sulfonamides is 1. The van der Waals surface area contributed by atoms with Gasteiger partial charge in [0.2, 0.25) is 0 Å². The van der Waals surface area contributed by atoms with Gasteiger partial charge in [-0.2, -0.15) is 0 Å². The van der Waals surface area contributed by atoms with Gasteiger partial charge in [0.15, 0.2) is 0 Å². The number of nitrogens with zero attached hydrogens (tertiary/aromatic N) is 1. The Bertz CT molecular complexity index is 714. The van der Waals surface area contributed by atoms with E-state index in [9.17, 15) is 8.42 Å². The maximum Gasteiger partial charge on any atom is 0.264 e. The Morgan fingerprint density at radius 2 is 1.76 bits per heavy atom. The zero-order valence-corrected chi connectivity index (χ0v) is 13.7. The number of hydrogen-bond donors (Lipinski definition) is 0. The Labute approximate surface area is 131 Å². The van der Waals surface area contributed by atoms with E-state index in [1.807, 2.05) is 31.2 Å². The monoisotopic (exact) mass is 323 g/mol. The summed E-state index contributed by atoms with van der Waals surface area (Å²) in [5.41, 5.74) is 2.18. The Balaban J connectivity index is 2.55. The van der Waals surface area contributed by atoms with E-state index in [2.05, 4.69) is 0 Å². The van der Waals surface area contributed by atoms with Crippen molar-refractivity contribution in [2.75, 3.05) is 10.8 Å². The minimum Gasteiger partial charge on any atom is -0.267 e. The van der Waals surface area contributed by atoms with Crippen LogP contribution >= 0.6 is 11.6 Å². The quantitative estimate of drug-likeness (QED) is 0.781. The summed E-state index contributed by atoms with van der Waals surface area (Å²) in [4.78, 5) is 0.311. The molecule has 0 atom stereocenters. The van der Waals surface area contributed by atoms with Crippen molar-refractivity contribution >= 4 is 27.3 Å². The van der Waals surface area contributed by atoms with Crippen LogP contribution in [0.1, 0.15) is 18.1 Å². The van der Waals surface area contributed by atoms with Crippen LogP contribution in [0.15, 0.2) is 53.4 Å². The molecule has 0 N–H and O–H groups in total. The van der Waals surface area contributed by atoms with Crippen LogP contribution in [0.2, 0.25) is 0 Å². The van der Waals surface area contributed by atoms with E-state index in [1.165, 1.54) is 4.31 Å². The highest BCUT2D eigenvalue weighted by Crippen LogP contribution is 2.26. The molecule has 0 aromatic heterocycles. The molecule has 0 saturated heterocycles. The molecule has 2 aromatic carbocycles. The molecular weight excluding hydrogens is 306 g/mol. The standard InChI is InChI=1S/C16H18ClNO2S/c1-3-18(15-7-5-4-6-8-15)21(19,20)16-11-14(12-17)10-9-13(16)2/h4-11H,3,12H2,1-2H3. The van der Waals surface area contributed by atoms with Crippen LogP contribution in [-0.2, 0) is 15.9 Å². The van der Waals surface area contributed by atoms with E-state index < -0.39 is 10.0 Å². The average molecular weight is 324 g/mol. The molecule has 0 aliphatic heterocycles. The Morgan fingerprint density at radius 1 is 1.10 bits per heavy atom. The summed E-state index contributed by atoms with van der Waals surface area (Å²) in [5.74, 6) is 0.292. The van der Waals surface area contributed by atoms with Crippen LogP contribution < -0.4 is 4.31 Å². The lowest BCUT2D eigenvalue weighted by Crippen LogP contribution is -2.31. The fourth-order valence-corrected chi connectivity index (χ4v) is 4.13. The third-order valence-corrected chi connectivity index (χ3v) is 5.66. The first-order chi connectivity index (χ1) is 10.0. The molecule has 112 valence electrons. The topological polar surface area (TPSA) is 37.4 Å². The number of aryl methyl sites for hydroxylation is 1. The van der Waals surface area contributed by atoms with E-state index in [0.717, 1.165) is 11.1 Å². The molecule has 0 spiro atoms. The Hall–Kier alpha value is -1.52. The zero-order chi connectivity index (χ0) is 15.5. The molecule has 0 amide bonds. The van der Waals surface area contributed by atoms with E-state index in [1.54, 1.807) is 31.2 Å². The fourth-order valence-electron chi connectivity index (χ4n) is 2.21. The number of rotatable bonds is 5. The predicted molar refractivity (Wildman–Crippen MR) is 87.4 cm³/mol. The first kappa shape index (κ1) is 15.9. The molecule has 3 nitrogen and oxygen atoms in total. The third-order valence-electron chi connectivity index (χ3n) is 3.31. The van der Waals surface area contributed by atoms with Gasteiger partial charge in [-0.15, -0.1) is 11.6 Å². The van der Waals surface area contributed by atoms with Crippen LogP contribution in [0, 0.1) is 6.92 Å². The smallest absolute Gasteiger partial charge is 0.264 e. The van der Waals surface area contributed by atoms with Crippen molar-refractivity contribution in [3.8, 4) is 0 Å². The molecule has 2 rings (SSSR count). The number of alkyl halides is 1. The maximum absolute atomic E-state index is 12.9. The molecule has 2 aromatic rings. The van der Waals surface area contributed by atoms with Crippen molar-refractivity contribution in [1.29, 1.82) is 0 Å². The molecule has 0 radical (unpaired) electrons. The van der Waals surface area contributed by atoms with E-state index >= 15 is 0 Å². The molecule has 5 heteroatoms. The molecule has 0 bridgehead atoms. The van der Waals surface area contributed by atoms with Crippen LogP contribution in [0.25, 0.3) is 0 Å². The van der Waals surface area contributed by atoms with Gasteiger partial charge in [0, 0.05) is 12.4 Å². The fraction of sp³-hybridized carbons (Fsp3) is 0.250. The number of benzene rings is 2. The van der Waals surface area contributed by atoms with Gasteiger partial charge in [0.1, 0.15) is 0 Å². The van der Waals surface area contributed by atoms with Crippen LogP contribution in [0.3, 0.4) is 0 Å². The van der Waals surface area contributed by atoms with E-state index in [0.29, 0.717) is 23.0 Å². The van der Waals surface area contributed by atoms with Crippen LogP contribution in [-0.4, -0.2) is 15.0 Å². The number of para-hydroxylation sites is 1. The molecule has 0 fully saturated rings. The summed E-state index contributed by atoms with van der Waals surface area (Å²) < 4.78 is 27.3. The van der Waals surface area contributed by atoms with Crippen molar-refractivity contribution in [1.82, 2.24) is 0 Å². The first-order valence-corrected chi connectivity index (χ1v) is 8.71. The van der Waals surface area contributed by atoms with Crippen molar-refractivity contribution in [3.05, 3.63) is 59.7 Å². The second-order valence-corrected chi connectivity index (χ2v) is 6.84. The summed E-state index contributed by atoms with van der Waals surface area (Å²) in [6, 6.07) is 14.4. The van der Waals surface area contributed by atoms with Crippen LogP contribution in [0.5, 0.6) is 0 Å². The summed E-state index contributed by atoms with van der Waals surface area (Å²) in [6.07, 6.45) is 0. The highest BCUT2D eigenvalue weighted by atomic mass is 35.5. The van der Waals surface area contributed by atoms with Gasteiger partial charge >= 0.3 is 0 Å². The number of anilines is 1. The van der Waals surface area contributed by atoms with Crippen LogP contribution in [0.4, 0.5) is 5.69 Å². The Kier molecular flexibility index (Phi) is 4.91. The molecular formula is C16H18ClNO2S. The molecule has 0 unspecified atom stereocenters. The predicted octanol–water partition coefficient (Wildman–Crippen LogP) is 3.95. The summed E-state index contributed by atoms with van der Waals surface area (Å²) in [7, 11) is -3.59.